The van der Waals surface area contributed by atoms with Gasteiger partial charge < -0.3 is 15.8 Å². The molecule has 1 aromatic carbocycles. The van der Waals surface area contributed by atoms with Crippen LogP contribution in [-0.2, 0) is 9.53 Å². The Morgan fingerprint density at radius 1 is 1.53 bits per heavy atom. The smallest absolute Gasteiger partial charge is 0.233 e. The highest BCUT2D eigenvalue weighted by atomic mass is 32.2. The van der Waals surface area contributed by atoms with Gasteiger partial charge in [-0.15, -0.1) is 11.8 Å². The monoisotopic (exact) mass is 282 g/mol. The number of anilines is 1. The quantitative estimate of drug-likeness (QED) is 0.457. The van der Waals surface area contributed by atoms with Gasteiger partial charge in [0.1, 0.15) is 0 Å². The van der Waals surface area contributed by atoms with Crippen LogP contribution in [0.25, 0.3) is 0 Å². The Morgan fingerprint density at radius 2 is 2.26 bits per heavy atom. The fraction of sp³-hybridized carbons (Fsp3) is 0.500. The van der Waals surface area contributed by atoms with E-state index in [9.17, 15) is 4.79 Å². The van der Waals surface area contributed by atoms with Gasteiger partial charge in [0.05, 0.1) is 5.25 Å². The molecule has 0 aliphatic rings. The molecule has 0 aliphatic carbocycles. The Hall–Kier alpha value is -1.20. The van der Waals surface area contributed by atoms with E-state index in [1.807, 2.05) is 32.0 Å². The minimum Gasteiger partial charge on any atom is -0.399 e. The number of methoxy groups -OCH3 is 1. The van der Waals surface area contributed by atoms with Crippen LogP contribution >= 0.6 is 11.8 Å². The van der Waals surface area contributed by atoms with Crippen LogP contribution in [0.1, 0.15) is 18.9 Å². The Kier molecular flexibility index (Phi) is 6.73. The van der Waals surface area contributed by atoms with Crippen molar-refractivity contribution in [3.8, 4) is 0 Å². The molecule has 106 valence electrons. The average Bonchev–Trinajstić information content (AvgIpc) is 2.38. The molecule has 0 fully saturated rings. The molecule has 0 spiro atoms. The Balaban J connectivity index is 2.47. The third kappa shape index (κ3) is 5.53. The number of nitrogens with two attached hydrogens (primary N) is 1. The van der Waals surface area contributed by atoms with E-state index in [2.05, 4.69) is 5.32 Å². The molecule has 0 saturated heterocycles. The van der Waals surface area contributed by atoms with E-state index in [-0.39, 0.29) is 11.2 Å². The molecule has 0 heterocycles. The van der Waals surface area contributed by atoms with Gasteiger partial charge in [0, 0.05) is 30.8 Å². The van der Waals surface area contributed by atoms with Gasteiger partial charge in [-0.3, -0.25) is 4.79 Å². The zero-order chi connectivity index (χ0) is 14.3. The first-order valence-electron chi connectivity index (χ1n) is 6.34. The van der Waals surface area contributed by atoms with Crippen molar-refractivity contribution >= 4 is 23.4 Å². The standard InChI is InChI=1S/C14H22N2O2S/c1-10-5-6-12(15)9-13(10)19-11(2)14(17)16-7-4-8-18-3/h5-6,9,11H,4,7-8,15H2,1-3H3,(H,16,17). The van der Waals surface area contributed by atoms with E-state index in [0.29, 0.717) is 13.2 Å². The second-order valence-corrected chi connectivity index (χ2v) is 5.81. The highest BCUT2D eigenvalue weighted by Gasteiger charge is 2.14. The summed E-state index contributed by atoms with van der Waals surface area (Å²) in [6, 6.07) is 5.75. The SMILES string of the molecule is COCCCNC(=O)C(C)Sc1cc(N)ccc1C. The molecule has 0 radical (unpaired) electrons. The van der Waals surface area contributed by atoms with Crippen molar-refractivity contribution in [3.63, 3.8) is 0 Å². The van der Waals surface area contributed by atoms with Crippen LogP contribution in [0.4, 0.5) is 5.69 Å². The first-order chi connectivity index (χ1) is 9.04. The molecule has 0 saturated carbocycles. The Morgan fingerprint density at radius 3 is 2.95 bits per heavy atom. The van der Waals surface area contributed by atoms with Gasteiger partial charge in [-0.1, -0.05) is 6.07 Å². The van der Waals surface area contributed by atoms with Crippen LogP contribution in [0.5, 0.6) is 0 Å². The van der Waals surface area contributed by atoms with Crippen LogP contribution < -0.4 is 11.1 Å². The molecule has 19 heavy (non-hydrogen) atoms. The Bertz CT molecular complexity index is 424. The molecule has 3 N–H and O–H groups in total. The van der Waals surface area contributed by atoms with Crippen molar-refractivity contribution in [2.75, 3.05) is 26.0 Å². The van der Waals surface area contributed by atoms with Gasteiger partial charge >= 0.3 is 0 Å². The van der Waals surface area contributed by atoms with Crippen molar-refractivity contribution in [2.45, 2.75) is 30.4 Å². The summed E-state index contributed by atoms with van der Waals surface area (Å²) in [6.07, 6.45) is 0.830. The number of thioether (sulfide) groups is 1. The predicted molar refractivity (Wildman–Crippen MR) is 80.4 cm³/mol. The van der Waals surface area contributed by atoms with Crippen LogP contribution in [-0.4, -0.2) is 31.4 Å². The molecule has 1 atom stereocenters. The maximum atomic E-state index is 11.9. The van der Waals surface area contributed by atoms with Crippen molar-refractivity contribution in [1.29, 1.82) is 0 Å². The third-order valence-electron chi connectivity index (χ3n) is 2.71. The van der Waals surface area contributed by atoms with E-state index in [1.54, 1.807) is 7.11 Å². The first kappa shape index (κ1) is 15.9. The Labute approximate surface area is 119 Å². The lowest BCUT2D eigenvalue weighted by Gasteiger charge is -2.13. The van der Waals surface area contributed by atoms with Crippen LogP contribution in [0, 0.1) is 6.92 Å². The van der Waals surface area contributed by atoms with Gasteiger partial charge in [0.15, 0.2) is 0 Å². The molecular weight excluding hydrogens is 260 g/mol. The minimum absolute atomic E-state index is 0.0444. The molecule has 0 aliphatic heterocycles. The number of aryl methyl sites for hydroxylation is 1. The van der Waals surface area contributed by atoms with E-state index >= 15 is 0 Å². The number of rotatable bonds is 7. The fourth-order valence-electron chi connectivity index (χ4n) is 1.56. The van der Waals surface area contributed by atoms with Gasteiger partial charge in [-0.2, -0.15) is 0 Å². The lowest BCUT2D eigenvalue weighted by Crippen LogP contribution is -2.32. The number of ether oxygens (including phenoxy) is 1. The second-order valence-electron chi connectivity index (χ2n) is 4.42. The summed E-state index contributed by atoms with van der Waals surface area (Å²) < 4.78 is 4.94. The van der Waals surface area contributed by atoms with Crippen molar-refractivity contribution in [3.05, 3.63) is 23.8 Å². The summed E-state index contributed by atoms with van der Waals surface area (Å²) in [5, 5.41) is 2.76. The molecule has 0 bridgehead atoms. The molecule has 1 aromatic rings. The number of carbonyl (C=O) groups is 1. The molecule has 1 rings (SSSR count). The summed E-state index contributed by atoms with van der Waals surface area (Å²) in [5.74, 6) is 0.0444. The van der Waals surface area contributed by atoms with E-state index in [4.69, 9.17) is 10.5 Å². The van der Waals surface area contributed by atoms with Gasteiger partial charge in [0.2, 0.25) is 5.91 Å². The third-order valence-corrected chi connectivity index (χ3v) is 3.97. The van der Waals surface area contributed by atoms with Crippen molar-refractivity contribution in [2.24, 2.45) is 0 Å². The van der Waals surface area contributed by atoms with Crippen LogP contribution in [0.15, 0.2) is 23.1 Å². The van der Waals surface area contributed by atoms with Crippen LogP contribution in [0.3, 0.4) is 0 Å². The summed E-state index contributed by atoms with van der Waals surface area (Å²) in [4.78, 5) is 13.0. The maximum Gasteiger partial charge on any atom is 0.233 e. The summed E-state index contributed by atoms with van der Waals surface area (Å²) in [7, 11) is 1.66. The van der Waals surface area contributed by atoms with Crippen LogP contribution in [0.2, 0.25) is 0 Å². The number of amides is 1. The number of hydrogen-bond acceptors (Lipinski definition) is 4. The van der Waals surface area contributed by atoms with E-state index < -0.39 is 0 Å². The molecule has 4 nitrogen and oxygen atoms in total. The molecular formula is C14H22N2O2S. The molecule has 0 aromatic heterocycles. The van der Waals surface area contributed by atoms with Gasteiger partial charge in [0.25, 0.3) is 0 Å². The summed E-state index contributed by atoms with van der Waals surface area (Å²) >= 11 is 1.53. The normalized spacial score (nSPS) is 12.2. The molecule has 5 heteroatoms. The lowest BCUT2D eigenvalue weighted by atomic mass is 10.2. The highest BCUT2D eigenvalue weighted by Crippen LogP contribution is 2.28. The summed E-state index contributed by atoms with van der Waals surface area (Å²) in [5.41, 5.74) is 7.63. The number of hydrogen-bond donors (Lipinski definition) is 2. The highest BCUT2D eigenvalue weighted by molar-refractivity contribution is 8.00. The lowest BCUT2D eigenvalue weighted by molar-refractivity contribution is -0.120. The van der Waals surface area contributed by atoms with E-state index in [0.717, 1.165) is 22.6 Å². The average molecular weight is 282 g/mol. The maximum absolute atomic E-state index is 11.9. The predicted octanol–water partition coefficient (Wildman–Crippen LogP) is 2.21. The topological polar surface area (TPSA) is 64.3 Å². The number of carbonyl (C=O) groups excluding carboxylic acids is 1. The second kappa shape index (κ2) is 8.07. The van der Waals surface area contributed by atoms with E-state index in [1.165, 1.54) is 11.8 Å². The number of nitrogens with one attached hydrogen (secondary N) is 1. The van der Waals surface area contributed by atoms with Crippen molar-refractivity contribution in [1.82, 2.24) is 5.32 Å². The largest absolute Gasteiger partial charge is 0.399 e. The first-order valence-corrected chi connectivity index (χ1v) is 7.22. The van der Waals surface area contributed by atoms with Gasteiger partial charge in [-0.05, 0) is 38.0 Å². The van der Waals surface area contributed by atoms with Gasteiger partial charge in [-0.25, -0.2) is 0 Å². The minimum atomic E-state index is -0.136. The number of nitrogen functional groups attached to an aromatic ring is 1. The molecule has 1 amide bonds. The zero-order valence-corrected chi connectivity index (χ0v) is 12.5. The molecule has 1 unspecified atom stereocenters. The summed E-state index contributed by atoms with van der Waals surface area (Å²) in [6.45, 7) is 5.23. The number of benzene rings is 1. The fourth-order valence-corrected chi connectivity index (χ4v) is 2.59. The zero-order valence-electron chi connectivity index (χ0n) is 11.7. The van der Waals surface area contributed by atoms with Crippen molar-refractivity contribution < 1.29 is 9.53 Å².